The van der Waals surface area contributed by atoms with Gasteiger partial charge in [-0.15, -0.1) is 0 Å². The van der Waals surface area contributed by atoms with Crippen molar-refractivity contribution in [3.8, 4) is 11.6 Å². The van der Waals surface area contributed by atoms with Crippen molar-refractivity contribution in [3.05, 3.63) is 65.9 Å². The summed E-state index contributed by atoms with van der Waals surface area (Å²) in [5, 5.41) is 5.96. The van der Waals surface area contributed by atoms with E-state index in [4.69, 9.17) is 10.5 Å². The molecule has 3 aromatic rings. The van der Waals surface area contributed by atoms with Gasteiger partial charge in [0.2, 0.25) is 11.8 Å². The van der Waals surface area contributed by atoms with Crippen LogP contribution in [0.4, 0.5) is 0 Å². The maximum absolute atomic E-state index is 11.2. The van der Waals surface area contributed by atoms with Crippen molar-refractivity contribution in [2.45, 2.75) is 45.2 Å². The van der Waals surface area contributed by atoms with Gasteiger partial charge in [-0.2, -0.15) is 0 Å². The first kappa shape index (κ1) is 19.4. The Balaban J connectivity index is 1.52. The van der Waals surface area contributed by atoms with Crippen molar-refractivity contribution in [1.29, 1.82) is 0 Å². The molecule has 3 N–H and O–H groups in total. The normalized spacial score (nSPS) is 19.2. The SMILES string of the molecule is C[C@H]1CC[C@@H](NCc2ccc(Oc3ccc(C(N)=O)cn3)c3ccccc23)CC1. The molecule has 5 heteroatoms. The van der Waals surface area contributed by atoms with E-state index in [2.05, 4.69) is 41.5 Å². The Labute approximate surface area is 171 Å². The van der Waals surface area contributed by atoms with E-state index >= 15 is 0 Å². The van der Waals surface area contributed by atoms with E-state index in [-0.39, 0.29) is 0 Å². The van der Waals surface area contributed by atoms with E-state index in [1.165, 1.54) is 42.8 Å². The van der Waals surface area contributed by atoms with Gasteiger partial charge in [0.05, 0.1) is 5.56 Å². The summed E-state index contributed by atoms with van der Waals surface area (Å²) < 4.78 is 6.00. The molecule has 29 heavy (non-hydrogen) atoms. The topological polar surface area (TPSA) is 77.2 Å². The predicted molar refractivity (Wildman–Crippen MR) is 115 cm³/mol. The minimum atomic E-state index is -0.501. The molecule has 1 amide bonds. The molecule has 1 aliphatic rings. The number of ether oxygens (including phenoxy) is 1. The van der Waals surface area contributed by atoms with Crippen LogP contribution in [0.1, 0.15) is 48.5 Å². The van der Waals surface area contributed by atoms with Crippen LogP contribution in [0.2, 0.25) is 0 Å². The first-order valence-electron chi connectivity index (χ1n) is 10.3. The van der Waals surface area contributed by atoms with Crippen LogP contribution >= 0.6 is 0 Å². The van der Waals surface area contributed by atoms with Crippen molar-refractivity contribution in [2.75, 3.05) is 0 Å². The molecule has 1 fully saturated rings. The number of aromatic nitrogens is 1. The number of fused-ring (bicyclic) bond motifs is 1. The van der Waals surface area contributed by atoms with E-state index in [0.29, 0.717) is 17.5 Å². The van der Waals surface area contributed by atoms with Crippen molar-refractivity contribution in [3.63, 3.8) is 0 Å². The molecule has 1 aromatic heterocycles. The Hall–Kier alpha value is -2.92. The fourth-order valence-electron chi connectivity index (χ4n) is 3.99. The second-order valence-electron chi connectivity index (χ2n) is 7.96. The van der Waals surface area contributed by atoms with E-state index < -0.39 is 5.91 Å². The predicted octanol–water partition coefficient (Wildman–Crippen LogP) is 4.79. The number of amides is 1. The first-order valence-corrected chi connectivity index (χ1v) is 10.3. The zero-order chi connectivity index (χ0) is 20.2. The number of primary amides is 1. The van der Waals surface area contributed by atoms with Gasteiger partial charge in [0, 0.05) is 30.2 Å². The molecule has 1 heterocycles. The van der Waals surface area contributed by atoms with Crippen LogP contribution in [0.5, 0.6) is 11.6 Å². The number of benzene rings is 2. The highest BCUT2D eigenvalue weighted by Crippen LogP contribution is 2.32. The third kappa shape index (κ3) is 4.57. The van der Waals surface area contributed by atoms with Crippen LogP contribution in [0.15, 0.2) is 54.7 Å². The fourth-order valence-corrected chi connectivity index (χ4v) is 3.99. The average Bonchev–Trinajstić information content (AvgIpc) is 2.75. The molecule has 0 radical (unpaired) electrons. The number of hydrogen-bond acceptors (Lipinski definition) is 4. The largest absolute Gasteiger partial charge is 0.438 e. The highest BCUT2D eigenvalue weighted by molar-refractivity contribution is 5.92. The molecule has 0 atom stereocenters. The van der Waals surface area contributed by atoms with Gasteiger partial charge < -0.3 is 15.8 Å². The van der Waals surface area contributed by atoms with Gasteiger partial charge in [0.25, 0.3) is 0 Å². The second-order valence-corrected chi connectivity index (χ2v) is 7.96. The summed E-state index contributed by atoms with van der Waals surface area (Å²) in [6.07, 6.45) is 6.57. The maximum Gasteiger partial charge on any atom is 0.250 e. The van der Waals surface area contributed by atoms with Gasteiger partial charge in [-0.25, -0.2) is 4.98 Å². The monoisotopic (exact) mass is 389 g/mol. The number of pyridine rings is 1. The molecule has 0 spiro atoms. The van der Waals surface area contributed by atoms with E-state index in [1.807, 2.05) is 12.1 Å². The van der Waals surface area contributed by atoms with Crippen molar-refractivity contribution < 1.29 is 9.53 Å². The number of carbonyl (C=O) groups excluding carboxylic acids is 1. The minimum Gasteiger partial charge on any atom is -0.438 e. The molecule has 1 saturated carbocycles. The van der Waals surface area contributed by atoms with Crippen LogP contribution < -0.4 is 15.8 Å². The summed E-state index contributed by atoms with van der Waals surface area (Å²) in [5.41, 5.74) is 6.90. The van der Waals surface area contributed by atoms with Crippen molar-refractivity contribution in [2.24, 2.45) is 11.7 Å². The van der Waals surface area contributed by atoms with Crippen LogP contribution in [-0.4, -0.2) is 16.9 Å². The molecule has 150 valence electrons. The molecular weight excluding hydrogens is 362 g/mol. The third-order valence-corrected chi connectivity index (χ3v) is 5.81. The molecule has 2 aromatic carbocycles. The summed E-state index contributed by atoms with van der Waals surface area (Å²) in [6.45, 7) is 3.20. The first-order chi connectivity index (χ1) is 14.1. The number of hydrogen-bond donors (Lipinski definition) is 2. The van der Waals surface area contributed by atoms with Crippen molar-refractivity contribution >= 4 is 16.7 Å². The maximum atomic E-state index is 11.2. The Bertz CT molecular complexity index is 993. The van der Waals surface area contributed by atoms with E-state index in [1.54, 1.807) is 12.1 Å². The lowest BCUT2D eigenvalue weighted by Gasteiger charge is -2.27. The molecule has 1 aliphatic carbocycles. The Morgan fingerprint density at radius 3 is 2.52 bits per heavy atom. The van der Waals surface area contributed by atoms with Crippen molar-refractivity contribution in [1.82, 2.24) is 10.3 Å². The quantitative estimate of drug-likeness (QED) is 0.635. The second kappa shape index (κ2) is 8.62. The van der Waals surface area contributed by atoms with Gasteiger partial charge in [-0.1, -0.05) is 37.3 Å². The summed E-state index contributed by atoms with van der Waals surface area (Å²) in [5.74, 6) is 1.53. The number of nitrogens with zero attached hydrogens (tertiary/aromatic N) is 1. The average molecular weight is 389 g/mol. The molecule has 0 aliphatic heterocycles. The summed E-state index contributed by atoms with van der Waals surface area (Å²) in [6, 6.07) is 16.3. The van der Waals surface area contributed by atoms with Gasteiger partial charge in [0.15, 0.2) is 0 Å². The summed E-state index contributed by atoms with van der Waals surface area (Å²) in [4.78, 5) is 15.4. The smallest absolute Gasteiger partial charge is 0.250 e. The number of nitrogens with one attached hydrogen (secondary N) is 1. The summed E-state index contributed by atoms with van der Waals surface area (Å²) in [7, 11) is 0. The van der Waals surface area contributed by atoms with Gasteiger partial charge in [-0.05, 0) is 54.7 Å². The molecule has 4 rings (SSSR count). The third-order valence-electron chi connectivity index (χ3n) is 5.81. The Kier molecular flexibility index (Phi) is 5.76. The fraction of sp³-hybridized carbons (Fsp3) is 0.333. The van der Waals surface area contributed by atoms with Crippen LogP contribution in [0, 0.1) is 5.92 Å². The van der Waals surface area contributed by atoms with Crippen LogP contribution in [-0.2, 0) is 6.54 Å². The van der Waals surface area contributed by atoms with Gasteiger partial charge in [-0.3, -0.25) is 4.79 Å². The lowest BCUT2D eigenvalue weighted by atomic mass is 9.87. The Morgan fingerprint density at radius 1 is 1.07 bits per heavy atom. The van der Waals surface area contributed by atoms with Gasteiger partial charge in [0.1, 0.15) is 5.75 Å². The highest BCUT2D eigenvalue weighted by Gasteiger charge is 2.18. The highest BCUT2D eigenvalue weighted by atomic mass is 16.5. The zero-order valence-electron chi connectivity index (χ0n) is 16.7. The molecular formula is C24H27N3O2. The number of nitrogens with two attached hydrogens (primary N) is 1. The standard InChI is InChI=1S/C24H27N3O2/c1-16-6-10-19(11-7-16)26-14-17-8-12-22(21-5-3-2-4-20(17)21)29-23-13-9-18(15-27-23)24(25)28/h2-5,8-9,12-13,15-16,19,26H,6-7,10-11,14H2,1H3,(H2,25,28)/t16-,19+. The number of rotatable bonds is 6. The molecule has 5 nitrogen and oxygen atoms in total. The Morgan fingerprint density at radius 2 is 1.83 bits per heavy atom. The lowest BCUT2D eigenvalue weighted by Crippen LogP contribution is -2.32. The molecule has 0 unspecified atom stereocenters. The number of carbonyl (C=O) groups is 1. The lowest BCUT2D eigenvalue weighted by molar-refractivity contribution is 0.1000. The molecule has 0 bridgehead atoms. The van der Waals surface area contributed by atoms with E-state index in [0.717, 1.165) is 23.6 Å². The minimum absolute atomic E-state index is 0.362. The van der Waals surface area contributed by atoms with Crippen LogP contribution in [0.25, 0.3) is 10.8 Å². The van der Waals surface area contributed by atoms with Crippen LogP contribution in [0.3, 0.4) is 0 Å². The summed E-state index contributed by atoms with van der Waals surface area (Å²) >= 11 is 0. The van der Waals surface area contributed by atoms with E-state index in [9.17, 15) is 4.79 Å². The van der Waals surface area contributed by atoms with Gasteiger partial charge >= 0.3 is 0 Å². The molecule has 0 saturated heterocycles. The zero-order valence-corrected chi connectivity index (χ0v) is 16.7.